The summed E-state index contributed by atoms with van der Waals surface area (Å²) in [6, 6.07) is 6.34. The molecule has 0 N–H and O–H groups in total. The molecule has 1 heterocycles. The Balaban J connectivity index is 2.00. The van der Waals surface area contributed by atoms with Gasteiger partial charge in [-0.1, -0.05) is 12.1 Å². The summed E-state index contributed by atoms with van der Waals surface area (Å²) < 4.78 is 19.9. The number of benzene rings is 1. The van der Waals surface area contributed by atoms with E-state index in [-0.39, 0.29) is 30.6 Å². The van der Waals surface area contributed by atoms with Crippen molar-refractivity contribution in [2.75, 3.05) is 26.6 Å². The maximum Gasteiger partial charge on any atom is 0.341 e. The van der Waals surface area contributed by atoms with Gasteiger partial charge >= 0.3 is 11.9 Å². The third-order valence-corrected chi connectivity index (χ3v) is 2.65. The molecule has 1 aromatic carbocycles. The minimum Gasteiger partial charge on any atom is -0.459 e. The lowest BCUT2D eigenvalue weighted by Crippen LogP contribution is -2.16. The standard InChI is InChI=1S/C14H16O6/c1-2-17-9-20-14(16)12-6-4-3-5-11(12)13(15)19-8-10-7-18-10/h3-6,10H,2,7-9H2,1H3. The molecule has 1 fully saturated rings. The second-order valence-electron chi connectivity index (χ2n) is 4.14. The molecule has 1 unspecified atom stereocenters. The molecule has 6 nitrogen and oxygen atoms in total. The zero-order chi connectivity index (χ0) is 14.4. The molecule has 0 aromatic heterocycles. The molecule has 1 atom stereocenters. The third-order valence-electron chi connectivity index (χ3n) is 2.65. The van der Waals surface area contributed by atoms with Crippen molar-refractivity contribution >= 4 is 11.9 Å². The molecule has 0 spiro atoms. The number of ether oxygens (including phenoxy) is 4. The fraction of sp³-hybridized carbons (Fsp3) is 0.429. The number of rotatable bonds is 7. The van der Waals surface area contributed by atoms with Gasteiger partial charge in [0.05, 0.1) is 17.7 Å². The molecule has 1 saturated heterocycles. The van der Waals surface area contributed by atoms with Gasteiger partial charge in [-0.05, 0) is 19.1 Å². The van der Waals surface area contributed by atoms with Gasteiger partial charge < -0.3 is 18.9 Å². The molecule has 0 aliphatic carbocycles. The predicted molar refractivity (Wildman–Crippen MR) is 68.4 cm³/mol. The summed E-state index contributed by atoms with van der Waals surface area (Å²) in [4.78, 5) is 23.8. The SMILES string of the molecule is CCOCOC(=O)c1ccccc1C(=O)OCC1CO1. The van der Waals surface area contributed by atoms with E-state index in [1.165, 1.54) is 12.1 Å². The first-order valence-electron chi connectivity index (χ1n) is 6.35. The molecule has 2 rings (SSSR count). The fourth-order valence-corrected chi connectivity index (χ4v) is 1.51. The first-order chi connectivity index (χ1) is 9.72. The van der Waals surface area contributed by atoms with Crippen LogP contribution in [-0.4, -0.2) is 44.7 Å². The topological polar surface area (TPSA) is 74.4 Å². The van der Waals surface area contributed by atoms with Crippen LogP contribution in [0.4, 0.5) is 0 Å². The number of epoxide rings is 1. The largest absolute Gasteiger partial charge is 0.459 e. The third kappa shape index (κ3) is 4.04. The Morgan fingerprint density at radius 2 is 1.80 bits per heavy atom. The lowest BCUT2D eigenvalue weighted by atomic mass is 10.1. The van der Waals surface area contributed by atoms with Crippen molar-refractivity contribution in [3.63, 3.8) is 0 Å². The second kappa shape index (κ2) is 7.02. The van der Waals surface area contributed by atoms with Crippen molar-refractivity contribution in [2.24, 2.45) is 0 Å². The predicted octanol–water partition coefficient (Wildman–Crippen LogP) is 1.39. The summed E-state index contributed by atoms with van der Waals surface area (Å²) in [5, 5.41) is 0. The van der Waals surface area contributed by atoms with E-state index in [1.54, 1.807) is 19.1 Å². The first-order valence-corrected chi connectivity index (χ1v) is 6.35. The Hall–Kier alpha value is -1.92. The van der Waals surface area contributed by atoms with E-state index < -0.39 is 11.9 Å². The van der Waals surface area contributed by atoms with Crippen molar-refractivity contribution < 1.29 is 28.5 Å². The van der Waals surface area contributed by atoms with Gasteiger partial charge in [0.15, 0.2) is 6.79 Å². The van der Waals surface area contributed by atoms with Crippen LogP contribution in [0.15, 0.2) is 24.3 Å². The molecule has 0 radical (unpaired) electrons. The second-order valence-corrected chi connectivity index (χ2v) is 4.14. The quantitative estimate of drug-likeness (QED) is 0.325. The maximum absolute atomic E-state index is 11.9. The van der Waals surface area contributed by atoms with Gasteiger partial charge in [0.2, 0.25) is 0 Å². The number of esters is 2. The molecule has 0 amide bonds. The van der Waals surface area contributed by atoms with Crippen molar-refractivity contribution in [1.29, 1.82) is 0 Å². The van der Waals surface area contributed by atoms with E-state index in [2.05, 4.69) is 0 Å². The van der Waals surface area contributed by atoms with Crippen molar-refractivity contribution in [3.8, 4) is 0 Å². The number of hydrogen-bond acceptors (Lipinski definition) is 6. The Labute approximate surface area is 116 Å². The zero-order valence-corrected chi connectivity index (χ0v) is 11.2. The summed E-state index contributed by atoms with van der Waals surface area (Å²) in [7, 11) is 0. The Kier molecular flexibility index (Phi) is 5.09. The summed E-state index contributed by atoms with van der Waals surface area (Å²) in [5.41, 5.74) is 0.337. The van der Waals surface area contributed by atoms with Crippen molar-refractivity contribution in [2.45, 2.75) is 13.0 Å². The monoisotopic (exact) mass is 280 g/mol. The highest BCUT2D eigenvalue weighted by atomic mass is 16.7. The lowest BCUT2D eigenvalue weighted by molar-refractivity contribution is -0.0276. The van der Waals surface area contributed by atoms with Crippen LogP contribution in [0, 0.1) is 0 Å². The molecule has 1 aliphatic heterocycles. The summed E-state index contributed by atoms with van der Waals surface area (Å²) in [5.74, 6) is -1.18. The van der Waals surface area contributed by atoms with Crippen molar-refractivity contribution in [3.05, 3.63) is 35.4 Å². The van der Waals surface area contributed by atoms with Crippen LogP contribution >= 0.6 is 0 Å². The molecule has 0 saturated carbocycles. The smallest absolute Gasteiger partial charge is 0.341 e. The minimum atomic E-state index is -0.617. The Morgan fingerprint density at radius 3 is 2.35 bits per heavy atom. The Bertz CT molecular complexity index is 480. The molecule has 1 aliphatic rings. The van der Waals surface area contributed by atoms with Gasteiger partial charge in [0.1, 0.15) is 12.7 Å². The number of hydrogen-bond donors (Lipinski definition) is 0. The van der Waals surface area contributed by atoms with Gasteiger partial charge in [-0.2, -0.15) is 0 Å². The van der Waals surface area contributed by atoms with Crippen LogP contribution in [0.1, 0.15) is 27.6 Å². The van der Waals surface area contributed by atoms with Gasteiger partial charge in [-0.3, -0.25) is 0 Å². The normalized spacial score (nSPS) is 16.6. The van der Waals surface area contributed by atoms with Crippen molar-refractivity contribution in [1.82, 2.24) is 0 Å². The molecule has 1 aromatic rings. The van der Waals surface area contributed by atoms with Crippen LogP contribution in [0.3, 0.4) is 0 Å². The van der Waals surface area contributed by atoms with Gasteiger partial charge in [0, 0.05) is 6.61 Å². The van der Waals surface area contributed by atoms with Gasteiger partial charge in [-0.15, -0.1) is 0 Å². The van der Waals surface area contributed by atoms with Crippen LogP contribution in [0.2, 0.25) is 0 Å². The van der Waals surface area contributed by atoms with Crippen LogP contribution in [0.25, 0.3) is 0 Å². The summed E-state index contributed by atoms with van der Waals surface area (Å²) >= 11 is 0. The minimum absolute atomic E-state index is 0.0176. The van der Waals surface area contributed by atoms with Crippen LogP contribution < -0.4 is 0 Å². The van der Waals surface area contributed by atoms with E-state index in [1.807, 2.05) is 0 Å². The molecule has 108 valence electrons. The molecule has 0 bridgehead atoms. The molecular formula is C14H16O6. The first kappa shape index (κ1) is 14.5. The zero-order valence-electron chi connectivity index (χ0n) is 11.2. The van der Waals surface area contributed by atoms with Gasteiger partial charge in [-0.25, -0.2) is 9.59 Å². The highest BCUT2D eigenvalue weighted by Crippen LogP contribution is 2.14. The highest BCUT2D eigenvalue weighted by Gasteiger charge is 2.26. The van der Waals surface area contributed by atoms with E-state index in [4.69, 9.17) is 18.9 Å². The Morgan fingerprint density at radius 1 is 1.20 bits per heavy atom. The van der Waals surface area contributed by atoms with Gasteiger partial charge in [0.25, 0.3) is 0 Å². The van der Waals surface area contributed by atoms with E-state index in [0.29, 0.717) is 13.2 Å². The molecular weight excluding hydrogens is 264 g/mol. The average Bonchev–Trinajstić information content (AvgIpc) is 3.29. The van der Waals surface area contributed by atoms with E-state index >= 15 is 0 Å². The summed E-state index contributed by atoms with van der Waals surface area (Å²) in [6.07, 6.45) is -0.0176. The molecule has 20 heavy (non-hydrogen) atoms. The van der Waals surface area contributed by atoms with Crippen LogP contribution in [-0.2, 0) is 18.9 Å². The average molecular weight is 280 g/mol. The maximum atomic E-state index is 11.9. The fourth-order valence-electron chi connectivity index (χ4n) is 1.51. The van der Waals surface area contributed by atoms with Crippen LogP contribution in [0.5, 0.6) is 0 Å². The number of carbonyl (C=O) groups excluding carboxylic acids is 2. The van der Waals surface area contributed by atoms with E-state index in [0.717, 1.165) is 0 Å². The van der Waals surface area contributed by atoms with E-state index in [9.17, 15) is 9.59 Å². The molecule has 6 heteroatoms. The number of carbonyl (C=O) groups is 2. The lowest BCUT2D eigenvalue weighted by Gasteiger charge is -2.09. The summed E-state index contributed by atoms with van der Waals surface area (Å²) in [6.45, 7) is 2.89. The highest BCUT2D eigenvalue weighted by molar-refractivity contribution is 6.03.